The van der Waals surface area contributed by atoms with Crippen LogP contribution in [-0.2, 0) is 27.1 Å². The van der Waals surface area contributed by atoms with E-state index in [0.29, 0.717) is 0 Å². The number of hydrogen-bond donors (Lipinski definition) is 1. The Morgan fingerprint density at radius 2 is 1.88 bits per heavy atom. The Morgan fingerprint density at radius 1 is 1.07 bits per heavy atom. The largest absolute Gasteiger partial charge is 0.459 e. The lowest BCUT2D eigenvalue weighted by atomic mass is 9.94. The summed E-state index contributed by atoms with van der Waals surface area (Å²) >= 11 is 0. The molecule has 41 heavy (non-hydrogen) atoms. The van der Waals surface area contributed by atoms with Crippen molar-refractivity contribution in [3.63, 3.8) is 0 Å². The fourth-order valence-electron chi connectivity index (χ4n) is 5.58. The number of ether oxygens (including phenoxy) is 2. The zero-order valence-corrected chi connectivity index (χ0v) is 25.8. The van der Waals surface area contributed by atoms with E-state index in [4.69, 9.17) is 14.5 Å². The van der Waals surface area contributed by atoms with Crippen molar-refractivity contribution in [3.05, 3.63) is 65.1 Å². The first-order valence-corrected chi connectivity index (χ1v) is 15.4. The highest BCUT2D eigenvalue weighted by Gasteiger charge is 2.40. The fourth-order valence-corrected chi connectivity index (χ4v) is 5.58. The number of nitrogens with one attached hydrogen (secondary N) is 1. The number of benzene rings is 1. The van der Waals surface area contributed by atoms with Gasteiger partial charge in [0.05, 0.1) is 6.10 Å². The normalized spacial score (nSPS) is 16.1. The van der Waals surface area contributed by atoms with Crippen molar-refractivity contribution < 1.29 is 14.3 Å². The van der Waals surface area contributed by atoms with E-state index in [1.165, 1.54) is 17.7 Å². The van der Waals surface area contributed by atoms with Crippen LogP contribution < -0.4 is 5.32 Å². The molecule has 0 spiro atoms. The third kappa shape index (κ3) is 8.04. The lowest BCUT2D eigenvalue weighted by Gasteiger charge is -2.43. The van der Waals surface area contributed by atoms with E-state index in [2.05, 4.69) is 33.4 Å². The van der Waals surface area contributed by atoms with Crippen molar-refractivity contribution in [2.45, 2.75) is 97.8 Å². The summed E-state index contributed by atoms with van der Waals surface area (Å²) in [7, 11) is 0. The maximum atomic E-state index is 13.4. The Morgan fingerprint density at radius 3 is 2.66 bits per heavy atom. The molecule has 0 aliphatic carbocycles. The lowest BCUT2D eigenvalue weighted by Crippen LogP contribution is -2.55. The van der Waals surface area contributed by atoms with Crippen molar-refractivity contribution in [2.24, 2.45) is 0 Å². The number of unbranched alkanes of at least 4 members (excludes halogenated alkanes) is 2. The topological polar surface area (TPSA) is 76.6 Å². The summed E-state index contributed by atoms with van der Waals surface area (Å²) < 4.78 is 12.1. The summed E-state index contributed by atoms with van der Waals surface area (Å²) in [5, 5.41) is 5.54. The highest BCUT2D eigenvalue weighted by atomic mass is 16.6. The van der Waals surface area contributed by atoms with Gasteiger partial charge in [0.2, 0.25) is 0 Å². The molecule has 1 saturated heterocycles. The summed E-state index contributed by atoms with van der Waals surface area (Å²) in [4.78, 5) is 24.8. The zero-order valence-electron chi connectivity index (χ0n) is 25.8. The van der Waals surface area contributed by atoms with Gasteiger partial charge in [-0.3, -0.25) is 9.88 Å². The quantitative estimate of drug-likeness (QED) is 0.215. The molecule has 2 aromatic heterocycles. The first kappa shape index (κ1) is 30.9. The Balaban J connectivity index is 0.00000189. The van der Waals surface area contributed by atoms with Gasteiger partial charge in [-0.25, -0.2) is 9.78 Å². The highest BCUT2D eigenvalue weighted by Crippen LogP contribution is 2.34. The van der Waals surface area contributed by atoms with E-state index in [0.717, 1.165) is 86.2 Å². The molecule has 1 N–H and O–H groups in total. The van der Waals surface area contributed by atoms with Gasteiger partial charge in [-0.05, 0) is 88.4 Å². The minimum atomic E-state index is -0.552. The molecule has 1 atom stereocenters. The number of hydrogen-bond acceptors (Lipinski definition) is 7. The van der Waals surface area contributed by atoms with Crippen molar-refractivity contribution >= 4 is 22.6 Å². The van der Waals surface area contributed by atoms with Gasteiger partial charge >= 0.3 is 5.97 Å². The number of aromatic nitrogens is 2. The van der Waals surface area contributed by atoms with Crippen LogP contribution in [0.15, 0.2) is 42.6 Å². The van der Waals surface area contributed by atoms with E-state index < -0.39 is 11.6 Å². The number of fused-ring (bicyclic) bond motifs is 2. The first-order chi connectivity index (χ1) is 19.8. The maximum absolute atomic E-state index is 13.4. The lowest BCUT2D eigenvalue weighted by molar-refractivity contribution is -0.168. The Bertz CT molecular complexity index is 1300. The predicted octanol–water partition coefficient (Wildman–Crippen LogP) is 6.82. The Hall–Kier alpha value is -3.03. The molecule has 222 valence electrons. The van der Waals surface area contributed by atoms with Crippen LogP contribution >= 0.6 is 0 Å². The predicted molar refractivity (Wildman–Crippen MR) is 166 cm³/mol. The average molecular weight is 561 g/mol. The van der Waals surface area contributed by atoms with Gasteiger partial charge in [-0.2, -0.15) is 0 Å². The molecular formula is C34H48N4O3. The van der Waals surface area contributed by atoms with E-state index in [1.807, 2.05) is 65.9 Å². The van der Waals surface area contributed by atoms with E-state index >= 15 is 0 Å². The number of nitrogens with zero attached hydrogens (tertiary/aromatic N) is 3. The molecule has 0 amide bonds. The molecule has 2 aliphatic rings. The highest BCUT2D eigenvalue weighted by molar-refractivity contribution is 5.92. The number of anilines is 1. The van der Waals surface area contributed by atoms with Crippen molar-refractivity contribution in [1.82, 2.24) is 14.9 Å². The Labute approximate surface area is 246 Å². The zero-order chi connectivity index (χ0) is 29.4. The van der Waals surface area contributed by atoms with E-state index in [9.17, 15) is 4.79 Å². The SMILES string of the molecule is CC.Cc1nccc2c(C(C(=O)OC(C)(C)C)N3CC(OCCCCCc4ccc5c(n4)NCCC5)C3)cccc12. The van der Waals surface area contributed by atoms with Crippen molar-refractivity contribution in [2.75, 3.05) is 31.6 Å². The molecule has 4 heterocycles. The number of pyridine rings is 2. The van der Waals surface area contributed by atoms with Crippen LogP contribution in [-0.4, -0.2) is 58.8 Å². The number of esters is 1. The molecule has 0 saturated carbocycles. The summed E-state index contributed by atoms with van der Waals surface area (Å²) in [6.45, 7) is 15.0. The van der Waals surface area contributed by atoms with Gasteiger partial charge in [-0.15, -0.1) is 0 Å². The van der Waals surface area contributed by atoms with Crippen LogP contribution in [0.25, 0.3) is 10.8 Å². The smallest absolute Gasteiger partial charge is 0.328 e. The molecule has 0 radical (unpaired) electrons. The van der Waals surface area contributed by atoms with Gasteiger partial charge in [0, 0.05) is 49.2 Å². The van der Waals surface area contributed by atoms with E-state index in [1.54, 1.807) is 0 Å². The minimum absolute atomic E-state index is 0.140. The molecule has 3 aromatic rings. The molecule has 1 aromatic carbocycles. The fraction of sp³-hybridized carbons (Fsp3) is 0.559. The monoisotopic (exact) mass is 560 g/mol. The number of likely N-dealkylation sites (tertiary alicyclic amines) is 1. The van der Waals surface area contributed by atoms with Crippen LogP contribution in [0.2, 0.25) is 0 Å². The molecule has 1 unspecified atom stereocenters. The first-order valence-electron chi connectivity index (χ1n) is 15.4. The molecule has 0 bridgehead atoms. The number of aryl methyl sites for hydroxylation is 3. The second kappa shape index (κ2) is 14.2. The van der Waals surface area contributed by atoms with Crippen molar-refractivity contribution in [3.8, 4) is 0 Å². The van der Waals surface area contributed by atoms with Gasteiger partial charge in [0.1, 0.15) is 17.5 Å². The molecule has 5 rings (SSSR count). The van der Waals surface area contributed by atoms with Gasteiger partial charge in [0.25, 0.3) is 0 Å². The van der Waals surface area contributed by atoms with Crippen LogP contribution in [0.5, 0.6) is 0 Å². The van der Waals surface area contributed by atoms with Gasteiger partial charge in [-0.1, -0.05) is 44.5 Å². The van der Waals surface area contributed by atoms with E-state index in [-0.39, 0.29) is 12.1 Å². The summed E-state index contributed by atoms with van der Waals surface area (Å²) in [5.74, 6) is 0.866. The summed E-state index contributed by atoms with van der Waals surface area (Å²) in [5.41, 5.74) is 3.89. The van der Waals surface area contributed by atoms with Crippen LogP contribution in [0.1, 0.15) is 88.9 Å². The van der Waals surface area contributed by atoms with Crippen LogP contribution in [0.3, 0.4) is 0 Å². The maximum Gasteiger partial charge on any atom is 0.328 e. The molecule has 2 aliphatic heterocycles. The summed E-state index contributed by atoms with van der Waals surface area (Å²) in [6, 6.07) is 12.1. The molecule has 7 nitrogen and oxygen atoms in total. The van der Waals surface area contributed by atoms with Crippen LogP contribution in [0, 0.1) is 6.92 Å². The number of carbonyl (C=O) groups excluding carboxylic acids is 1. The third-order valence-corrected chi connectivity index (χ3v) is 7.59. The summed E-state index contributed by atoms with van der Waals surface area (Å²) in [6.07, 6.45) is 8.54. The second-order valence-electron chi connectivity index (χ2n) is 11.9. The number of rotatable bonds is 10. The molecular weight excluding hydrogens is 512 g/mol. The second-order valence-corrected chi connectivity index (χ2v) is 11.9. The minimum Gasteiger partial charge on any atom is -0.459 e. The third-order valence-electron chi connectivity index (χ3n) is 7.59. The molecule has 1 fully saturated rings. The average Bonchev–Trinajstić information content (AvgIpc) is 2.93. The van der Waals surface area contributed by atoms with Crippen LogP contribution in [0.4, 0.5) is 5.82 Å². The van der Waals surface area contributed by atoms with Gasteiger partial charge < -0.3 is 14.8 Å². The standard InChI is InChI=1S/C32H42N4O3.C2H6/c1-22-26-12-8-13-28(27(26)16-18-33-22)29(31(37)39-32(2,3)4)36-20-25(21-36)38-19-7-5-6-11-24-15-14-23-10-9-17-34-30(23)35-24;1-2/h8,12-16,18,25,29H,5-7,9-11,17,19-21H2,1-4H3,(H,34,35);1-2H3. The van der Waals surface area contributed by atoms with Gasteiger partial charge in [0.15, 0.2) is 0 Å². The molecule has 7 heteroatoms. The Kier molecular flexibility index (Phi) is 10.7. The van der Waals surface area contributed by atoms with Crippen molar-refractivity contribution in [1.29, 1.82) is 0 Å². The number of carbonyl (C=O) groups is 1.